The van der Waals surface area contributed by atoms with Gasteiger partial charge in [-0.2, -0.15) is 13.2 Å². The molecular formula is C15H10F4N2O. The normalized spacial score (nSPS) is 11.9. The average molecular weight is 310 g/mol. The van der Waals surface area contributed by atoms with E-state index in [4.69, 9.17) is 4.74 Å². The van der Waals surface area contributed by atoms with Gasteiger partial charge in [0, 0.05) is 0 Å². The van der Waals surface area contributed by atoms with Crippen molar-refractivity contribution in [1.82, 2.24) is 9.97 Å². The number of para-hydroxylation sites is 2. The number of hydrogen-bond acceptors (Lipinski definition) is 2. The molecule has 1 heterocycles. The molecule has 3 nitrogen and oxygen atoms in total. The van der Waals surface area contributed by atoms with E-state index in [-0.39, 0.29) is 11.4 Å². The highest BCUT2D eigenvalue weighted by atomic mass is 19.4. The van der Waals surface area contributed by atoms with Gasteiger partial charge in [0.2, 0.25) is 0 Å². The van der Waals surface area contributed by atoms with E-state index < -0.39 is 23.3 Å². The Hall–Kier alpha value is -2.57. The number of halogens is 4. The maximum Gasteiger partial charge on any atom is 0.419 e. The van der Waals surface area contributed by atoms with Crippen molar-refractivity contribution in [1.29, 1.82) is 0 Å². The van der Waals surface area contributed by atoms with Gasteiger partial charge in [-0.25, -0.2) is 9.37 Å². The van der Waals surface area contributed by atoms with Gasteiger partial charge in [-0.15, -0.1) is 0 Å². The van der Waals surface area contributed by atoms with Gasteiger partial charge < -0.3 is 9.72 Å². The summed E-state index contributed by atoms with van der Waals surface area (Å²) in [6, 6.07) is 8.89. The van der Waals surface area contributed by atoms with Gasteiger partial charge in [-0.1, -0.05) is 12.1 Å². The third-order valence-electron chi connectivity index (χ3n) is 3.25. The smallest absolute Gasteiger partial charge is 0.419 e. The molecule has 1 N–H and O–H groups in total. The van der Waals surface area contributed by atoms with Crippen molar-refractivity contribution in [3.8, 4) is 17.1 Å². The number of fused-ring (bicyclic) bond motifs is 1. The summed E-state index contributed by atoms with van der Waals surface area (Å²) < 4.78 is 57.2. The Morgan fingerprint density at radius 3 is 2.45 bits per heavy atom. The second kappa shape index (κ2) is 5.01. The number of imidazole rings is 1. The Kier molecular flexibility index (Phi) is 3.27. The van der Waals surface area contributed by atoms with Crippen LogP contribution in [0.1, 0.15) is 5.56 Å². The lowest BCUT2D eigenvalue weighted by Gasteiger charge is -2.13. The number of alkyl halides is 3. The number of rotatable bonds is 2. The molecule has 0 bridgehead atoms. The van der Waals surface area contributed by atoms with Gasteiger partial charge in [0.25, 0.3) is 0 Å². The molecule has 0 aliphatic heterocycles. The Bertz CT molecular complexity index is 806. The van der Waals surface area contributed by atoms with E-state index in [0.717, 1.165) is 13.2 Å². The molecule has 0 spiro atoms. The van der Waals surface area contributed by atoms with Gasteiger partial charge in [-0.05, 0) is 24.3 Å². The average Bonchev–Trinajstić information content (AvgIpc) is 2.89. The third-order valence-corrected chi connectivity index (χ3v) is 3.25. The second-order valence-corrected chi connectivity index (χ2v) is 4.61. The highest BCUT2D eigenvalue weighted by Crippen LogP contribution is 2.39. The molecule has 0 fully saturated rings. The van der Waals surface area contributed by atoms with Gasteiger partial charge in [0.15, 0.2) is 11.6 Å². The molecule has 1 aromatic heterocycles. The number of ether oxygens (including phenoxy) is 1. The van der Waals surface area contributed by atoms with Crippen LogP contribution in [0.25, 0.3) is 22.4 Å². The monoisotopic (exact) mass is 310 g/mol. The highest BCUT2D eigenvalue weighted by Gasteiger charge is 2.36. The standard InChI is InChI=1S/C15H10F4N2O/c1-22-13-8(6-7-9(12(13)16)15(17,18)19)14-20-10-4-2-3-5-11(10)21-14/h2-7H,1H3,(H,20,21). The highest BCUT2D eigenvalue weighted by molar-refractivity contribution is 5.80. The lowest BCUT2D eigenvalue weighted by molar-refractivity contribution is -0.140. The first-order chi connectivity index (χ1) is 10.4. The Morgan fingerprint density at radius 1 is 1.09 bits per heavy atom. The number of methoxy groups -OCH3 is 1. The summed E-state index contributed by atoms with van der Waals surface area (Å²) in [6.07, 6.45) is -4.79. The summed E-state index contributed by atoms with van der Waals surface area (Å²) in [5.74, 6) is -1.70. The Labute approximate surface area is 122 Å². The molecule has 3 aromatic rings. The zero-order valence-electron chi connectivity index (χ0n) is 11.3. The Balaban J connectivity index is 2.20. The molecule has 2 aromatic carbocycles. The number of H-pyrrole nitrogens is 1. The largest absolute Gasteiger partial charge is 0.493 e. The number of nitrogens with one attached hydrogen (secondary N) is 1. The van der Waals surface area contributed by atoms with Crippen LogP contribution in [0.15, 0.2) is 36.4 Å². The number of aromatic amines is 1. The summed E-state index contributed by atoms with van der Waals surface area (Å²) in [4.78, 5) is 7.17. The molecule has 0 amide bonds. The van der Waals surface area contributed by atoms with Crippen LogP contribution >= 0.6 is 0 Å². The summed E-state index contributed by atoms with van der Waals surface area (Å²) >= 11 is 0. The van der Waals surface area contributed by atoms with E-state index in [1.165, 1.54) is 0 Å². The molecule has 0 atom stereocenters. The quantitative estimate of drug-likeness (QED) is 0.713. The molecule has 7 heteroatoms. The lowest BCUT2D eigenvalue weighted by Crippen LogP contribution is -2.09. The fourth-order valence-corrected chi connectivity index (χ4v) is 2.24. The number of nitrogens with zero attached hydrogens (tertiary/aromatic N) is 1. The molecule has 0 radical (unpaired) electrons. The molecule has 114 valence electrons. The fraction of sp³-hybridized carbons (Fsp3) is 0.133. The van der Waals surface area contributed by atoms with Crippen LogP contribution < -0.4 is 4.74 Å². The minimum atomic E-state index is -4.79. The first kappa shape index (κ1) is 14.4. The zero-order chi connectivity index (χ0) is 15.9. The number of hydrogen-bond donors (Lipinski definition) is 1. The Morgan fingerprint density at radius 2 is 1.82 bits per heavy atom. The third kappa shape index (κ3) is 2.28. The zero-order valence-corrected chi connectivity index (χ0v) is 11.3. The van der Waals surface area contributed by atoms with Crippen LogP contribution in [0.5, 0.6) is 5.75 Å². The van der Waals surface area contributed by atoms with Crippen molar-refractivity contribution in [2.24, 2.45) is 0 Å². The van der Waals surface area contributed by atoms with E-state index >= 15 is 0 Å². The molecule has 0 aliphatic rings. The van der Waals surface area contributed by atoms with Crippen LogP contribution in [0, 0.1) is 5.82 Å². The van der Waals surface area contributed by atoms with E-state index in [2.05, 4.69) is 9.97 Å². The van der Waals surface area contributed by atoms with Crippen LogP contribution in [-0.4, -0.2) is 17.1 Å². The molecule has 0 unspecified atom stereocenters. The molecular weight excluding hydrogens is 300 g/mol. The maximum absolute atomic E-state index is 14.1. The lowest BCUT2D eigenvalue weighted by atomic mass is 10.1. The van der Waals surface area contributed by atoms with E-state index in [1.807, 2.05) is 0 Å². The van der Waals surface area contributed by atoms with Crippen LogP contribution in [0.2, 0.25) is 0 Å². The summed E-state index contributed by atoms with van der Waals surface area (Å²) in [7, 11) is 1.12. The van der Waals surface area contributed by atoms with Crippen molar-refractivity contribution < 1.29 is 22.3 Å². The molecule has 0 saturated carbocycles. The van der Waals surface area contributed by atoms with Gasteiger partial charge >= 0.3 is 6.18 Å². The predicted molar refractivity (Wildman–Crippen MR) is 73.0 cm³/mol. The molecule has 22 heavy (non-hydrogen) atoms. The minimum Gasteiger partial charge on any atom is -0.493 e. The SMILES string of the molecule is COc1c(-c2nc3ccccc3[nH]2)ccc(C(F)(F)F)c1F. The van der Waals surface area contributed by atoms with E-state index in [9.17, 15) is 17.6 Å². The number of aromatic nitrogens is 2. The second-order valence-electron chi connectivity index (χ2n) is 4.61. The van der Waals surface area contributed by atoms with Crippen LogP contribution in [0.3, 0.4) is 0 Å². The summed E-state index contributed by atoms with van der Waals surface area (Å²) in [5.41, 5.74) is 0.0770. The van der Waals surface area contributed by atoms with Crippen molar-refractivity contribution in [3.63, 3.8) is 0 Å². The van der Waals surface area contributed by atoms with Crippen molar-refractivity contribution >= 4 is 11.0 Å². The van der Waals surface area contributed by atoms with Crippen molar-refractivity contribution in [2.45, 2.75) is 6.18 Å². The summed E-state index contributed by atoms with van der Waals surface area (Å²) in [5, 5.41) is 0. The van der Waals surface area contributed by atoms with Crippen molar-refractivity contribution in [2.75, 3.05) is 7.11 Å². The summed E-state index contributed by atoms with van der Waals surface area (Å²) in [6.45, 7) is 0. The molecule has 0 aliphatic carbocycles. The predicted octanol–water partition coefficient (Wildman–Crippen LogP) is 4.40. The van der Waals surface area contributed by atoms with Gasteiger partial charge in [-0.3, -0.25) is 0 Å². The van der Waals surface area contributed by atoms with Crippen LogP contribution in [-0.2, 0) is 6.18 Å². The van der Waals surface area contributed by atoms with E-state index in [1.54, 1.807) is 24.3 Å². The first-order valence-corrected chi connectivity index (χ1v) is 6.30. The van der Waals surface area contributed by atoms with Gasteiger partial charge in [0.05, 0.1) is 29.3 Å². The van der Waals surface area contributed by atoms with Crippen molar-refractivity contribution in [3.05, 3.63) is 47.8 Å². The fourth-order valence-electron chi connectivity index (χ4n) is 2.24. The minimum absolute atomic E-state index is 0.129. The number of benzene rings is 2. The van der Waals surface area contributed by atoms with Gasteiger partial charge in [0.1, 0.15) is 5.82 Å². The van der Waals surface area contributed by atoms with Crippen LogP contribution in [0.4, 0.5) is 17.6 Å². The molecule has 0 saturated heterocycles. The molecule has 3 rings (SSSR count). The first-order valence-electron chi connectivity index (χ1n) is 6.30. The topological polar surface area (TPSA) is 37.9 Å². The van der Waals surface area contributed by atoms with E-state index in [0.29, 0.717) is 17.1 Å². The maximum atomic E-state index is 14.1.